The van der Waals surface area contributed by atoms with E-state index < -0.39 is 71.9 Å². The summed E-state index contributed by atoms with van der Waals surface area (Å²) in [5, 5.41) is 34.6. The van der Waals surface area contributed by atoms with Gasteiger partial charge in [0.1, 0.15) is 63.8 Å². The first-order valence-electron chi connectivity index (χ1n) is 43.3. The monoisotopic (exact) mass is 1900 g/mol. The van der Waals surface area contributed by atoms with E-state index in [-0.39, 0.29) is 96.0 Å². The number of hydrogen-bond acceptors (Lipinski definition) is 30. The summed E-state index contributed by atoms with van der Waals surface area (Å²) in [6.07, 6.45) is 8.73. The third-order valence-corrected chi connectivity index (χ3v) is 27.9. The van der Waals surface area contributed by atoms with Crippen LogP contribution < -0.4 is 51.3 Å². The zero-order chi connectivity index (χ0) is 94.2. The van der Waals surface area contributed by atoms with Gasteiger partial charge in [-0.15, -0.1) is 0 Å². The molecule has 6 aliphatic rings. The van der Waals surface area contributed by atoms with Gasteiger partial charge in [0.25, 0.3) is 35.4 Å². The van der Waals surface area contributed by atoms with Crippen LogP contribution in [-0.4, -0.2) is 193 Å². The van der Waals surface area contributed by atoms with Crippen molar-refractivity contribution in [2.45, 2.75) is 182 Å². The Kier molecular flexibility index (Phi) is 29.3. The molecule has 4 aliphatic heterocycles. The van der Waals surface area contributed by atoms with Crippen LogP contribution in [0.2, 0.25) is 0 Å². The third-order valence-electron chi connectivity index (χ3n) is 23.5. The Morgan fingerprint density at radius 2 is 1.12 bits per heavy atom. The lowest BCUT2D eigenvalue weighted by Crippen LogP contribution is -2.54. The van der Waals surface area contributed by atoms with Crippen molar-refractivity contribution < 1.29 is 85.5 Å². The molecule has 43 heteroatoms. The Balaban J connectivity index is 0.000000162. The molecule has 4 aromatic carbocycles. The number of ether oxygens (including phenoxy) is 4. The lowest BCUT2D eigenvalue weighted by molar-refractivity contribution is -0.137. The maximum absolute atomic E-state index is 13.7. The molecule has 8 aromatic heterocycles. The first-order chi connectivity index (χ1) is 64.2. The number of H-pyrrole nitrogens is 2. The molecule has 2 aliphatic carbocycles. The molecule has 2 atom stereocenters. The van der Waals surface area contributed by atoms with Gasteiger partial charge in [0.15, 0.2) is 24.8 Å². The second-order valence-electron chi connectivity index (χ2n) is 32.4. The molecule has 9 N–H and O–H groups in total. The van der Waals surface area contributed by atoms with Crippen LogP contribution >= 0.6 is 0 Å². The summed E-state index contributed by atoms with van der Waals surface area (Å²) in [4.78, 5) is 176. The van der Waals surface area contributed by atoms with Gasteiger partial charge in [-0.25, -0.2) is 14.6 Å². The van der Waals surface area contributed by atoms with E-state index in [1.54, 1.807) is 7.11 Å². The number of hydrogen-bond donors (Lipinski definition) is 8. The smallest absolute Gasteiger partial charge is 0.326 e. The lowest BCUT2D eigenvalue weighted by Gasteiger charge is -2.27. The fourth-order valence-corrected chi connectivity index (χ4v) is 19.5. The number of imide groups is 4. The summed E-state index contributed by atoms with van der Waals surface area (Å²) in [5.41, 5.74) is 18.6. The number of ketones is 1. The highest BCUT2D eigenvalue weighted by Gasteiger charge is 2.48. The summed E-state index contributed by atoms with van der Waals surface area (Å²) < 4.78 is 36.8. The van der Waals surface area contributed by atoms with Crippen molar-refractivity contribution in [1.82, 2.24) is 90.8 Å². The molecule has 0 radical (unpaired) electrons. The zero-order valence-corrected chi connectivity index (χ0v) is 77.8. The predicted octanol–water partition coefficient (Wildman–Crippen LogP) is 9.79. The molecule has 12 heterocycles. The summed E-state index contributed by atoms with van der Waals surface area (Å²) in [5.74, 6) is -1.39. The van der Waals surface area contributed by atoms with Crippen molar-refractivity contribution in [1.29, 1.82) is 0 Å². The highest BCUT2D eigenvalue weighted by Crippen LogP contribution is 2.46. The standard InChI is InChI=1S/C45H46N10O8.C26H26N6O4.C19H22N4O6.S5/c1-5-54-34(20-29(52-54)25-13-14-25)48-42-39-28-18-22(2)27(37-23(3)53-63-24(37)4)19-30(28)47-41(39)50-40(51-42)32(56)11-7-6-8-17-46-36(58)21-62-33-12-9-10-26-38(33)45(61)55(44(26)60)31-15-16-35(57)49-43(31)59;1-5-32-16(8-19(30-32)15-6-7-15)9-21-24-17-11-22(34-4)18(23-13(2)31-36-14(23)3)10-20(17)27-25(24)29-26(28-21)35-12-33;20-8-1-2-9-21-15(25)10-29-13-5-3-4-11-16(13)19(28)23(18(11)27)12-6-7-14(24)22-17(12)26;1-3-5-4-2/h9-10,12,18-20,25,31H,5-8,11,13-17,21H2,1-4H3,(H,46,58)(H,49,57,59)(H2,47,48,50,51);8,10-12,15H,5-7,9H2,1-4H3,(H,27,28,29);3-5,12H,1-2,6-10,20H2,(H,21,25)(H,22,24,26);. The number of benzene rings is 4. The number of Topliss-reactive ketones (excluding diaryl/α,β-unsaturated/α-hetero) is 1. The third kappa shape index (κ3) is 20.4. The summed E-state index contributed by atoms with van der Waals surface area (Å²) in [6.45, 7) is 16.1. The molecule has 692 valence electrons. The number of nitrogens with two attached hydrogens (primary N) is 1. The van der Waals surface area contributed by atoms with Gasteiger partial charge in [0.2, 0.25) is 23.6 Å². The largest absolute Gasteiger partial charge is 0.496 e. The van der Waals surface area contributed by atoms with Gasteiger partial charge in [0, 0.05) is 163 Å². The molecule has 10 amide bonds. The van der Waals surface area contributed by atoms with Crippen molar-refractivity contribution in [2.24, 2.45) is 5.73 Å². The zero-order valence-electron chi connectivity index (χ0n) is 73.7. The van der Waals surface area contributed by atoms with E-state index in [2.05, 4.69) is 110 Å². The number of fused-ring (bicyclic) bond motifs is 8. The first kappa shape index (κ1) is 94.0. The second kappa shape index (κ2) is 41.4. The minimum absolute atomic E-state index is 0.000274. The fourth-order valence-electron chi connectivity index (χ4n) is 16.8. The Morgan fingerprint density at radius 3 is 1.63 bits per heavy atom. The van der Waals surface area contributed by atoms with Crippen LogP contribution in [-0.2, 0) is 102 Å². The summed E-state index contributed by atoms with van der Waals surface area (Å²) in [7, 11) is 5.59. The van der Waals surface area contributed by atoms with Crippen molar-refractivity contribution in [3.8, 4) is 45.5 Å². The molecular formula is C90H94N20O18S5. The van der Waals surface area contributed by atoms with Gasteiger partial charge >= 0.3 is 12.5 Å². The van der Waals surface area contributed by atoms with E-state index in [1.807, 2.05) is 63.0 Å². The number of carbonyl (C=O) groups is 12. The van der Waals surface area contributed by atoms with Crippen LogP contribution in [0.4, 0.5) is 11.6 Å². The summed E-state index contributed by atoms with van der Waals surface area (Å²) >= 11 is 8.89. The topological polar surface area (TPSA) is 505 Å². The van der Waals surface area contributed by atoms with Gasteiger partial charge in [-0.1, -0.05) is 28.9 Å². The number of methoxy groups -OCH3 is 1. The molecule has 133 heavy (non-hydrogen) atoms. The van der Waals surface area contributed by atoms with Gasteiger partial charge in [-0.3, -0.25) is 82.6 Å². The van der Waals surface area contributed by atoms with E-state index in [0.717, 1.165) is 148 Å². The molecule has 0 spiro atoms. The fraction of sp³-hybridized carbons (Fsp3) is 0.378. The molecule has 12 aromatic rings. The van der Waals surface area contributed by atoms with E-state index in [9.17, 15) is 57.5 Å². The van der Waals surface area contributed by atoms with Crippen LogP contribution in [0.15, 0.2) is 81.8 Å². The number of anilines is 2. The highest BCUT2D eigenvalue weighted by atomic mass is 33.3. The van der Waals surface area contributed by atoms with E-state index in [0.29, 0.717) is 98.8 Å². The Labute approximate surface area is 777 Å². The number of piperidine rings is 2. The lowest BCUT2D eigenvalue weighted by atomic mass is 9.97. The molecule has 2 unspecified atom stereocenters. The number of rotatable bonds is 32. The number of carbonyl (C=O) groups excluding carboxylic acids is 12. The van der Waals surface area contributed by atoms with Gasteiger partial charge < -0.3 is 59.6 Å². The van der Waals surface area contributed by atoms with E-state index in [1.165, 1.54) is 75.9 Å². The molecule has 2 saturated heterocycles. The average molecular weight is 1900 g/mol. The van der Waals surface area contributed by atoms with Crippen LogP contribution in [0.5, 0.6) is 23.3 Å². The number of nitrogens with one attached hydrogen (secondary N) is 7. The van der Waals surface area contributed by atoms with Crippen LogP contribution in [0.1, 0.15) is 219 Å². The van der Waals surface area contributed by atoms with Crippen molar-refractivity contribution >= 4 is 176 Å². The normalized spacial score (nSPS) is 15.6. The Morgan fingerprint density at radius 1 is 0.586 bits per heavy atom. The molecule has 2 saturated carbocycles. The SMILES string of the molecule is CCn1nc(C2CC2)cc1Cc1nc(OC=O)nc2[nH]c3cc(-c4c(C)noc4C)c(OC)cc3c12.CCn1nc(C2CC2)cc1Nc1nc(C(=O)CCCCCNC(=O)COc2cccc3c2C(=O)N(C2CCC(=O)NC2=O)C3=O)nc2[nH]c3cc(-c4c(C)noc4C)c(C)cc3c12.NCCCCNC(=O)COc1cccc2c1C(=O)N(C1CCC(=O)NC1=O)C2=O.S=S=S=S=S. The number of nitrogens with zero attached hydrogens (tertiary/aromatic N) is 12. The minimum atomic E-state index is -1.12. The maximum Gasteiger partial charge on any atom is 0.326 e. The number of aryl methyl sites for hydroxylation is 7. The van der Waals surface area contributed by atoms with Crippen molar-refractivity contribution in [2.75, 3.05) is 45.3 Å². The van der Waals surface area contributed by atoms with Crippen LogP contribution in [0.3, 0.4) is 0 Å². The van der Waals surface area contributed by atoms with Crippen molar-refractivity contribution in [3.05, 3.63) is 152 Å². The number of amides is 10. The number of unbranched alkanes of at least 4 members (excludes halogenated alkanes) is 3. The van der Waals surface area contributed by atoms with E-state index >= 15 is 0 Å². The quantitative estimate of drug-likeness (QED) is 0.00841. The summed E-state index contributed by atoms with van der Waals surface area (Å²) in [6, 6.07) is 19.1. The molecule has 0 bridgehead atoms. The van der Waals surface area contributed by atoms with Gasteiger partial charge in [-0.05, 0) is 185 Å². The second-order valence-corrected chi connectivity index (χ2v) is 37.7. The number of aromatic nitrogens is 12. The molecule has 38 nitrogen and oxygen atoms in total. The van der Waals surface area contributed by atoms with E-state index in [4.69, 9.17) is 53.9 Å². The molecule has 18 rings (SSSR count). The van der Waals surface area contributed by atoms with Crippen molar-refractivity contribution in [3.63, 3.8) is 0 Å². The van der Waals surface area contributed by atoms with Gasteiger partial charge in [-0.2, -0.15) is 20.2 Å². The maximum atomic E-state index is 13.7. The molecule has 4 fully saturated rings. The highest BCUT2D eigenvalue weighted by molar-refractivity contribution is 8.59. The van der Waals surface area contributed by atoms with Crippen LogP contribution in [0, 0.1) is 34.6 Å². The Hall–Kier alpha value is -13.6. The minimum Gasteiger partial charge on any atom is -0.496 e. The number of aromatic amines is 2. The molecular weight excluding hydrogens is 1810 g/mol. The van der Waals surface area contributed by atoms with Gasteiger partial charge in [0.05, 0.1) is 68.8 Å². The first-order valence-corrected chi connectivity index (χ1v) is 48.7. The predicted molar refractivity (Wildman–Crippen MR) is 498 cm³/mol. The van der Waals surface area contributed by atoms with Crippen LogP contribution in [0.25, 0.3) is 66.1 Å². The average Bonchev–Trinajstić information content (AvgIpc) is 1.61. The Bertz CT molecular complexity index is 6790.